The number of hydrogen-bond acceptors (Lipinski definition) is 1. The molecule has 2 aliphatic rings. The van der Waals surface area contributed by atoms with Gasteiger partial charge in [-0.1, -0.05) is 0 Å². The second-order valence-corrected chi connectivity index (χ2v) is 20.1. The SMILES string of the molecule is CC1=C[C](C)([Ti]([SiH2]c2ccccc2)[N](C)C2CCCCCCCCCCC2)C(C)=C1C. The molecule has 0 aliphatic heterocycles. The van der Waals surface area contributed by atoms with E-state index in [-0.39, 0.29) is 7.39 Å². The first-order valence-electron chi connectivity index (χ1n) is 12.9. The molecule has 0 bridgehead atoms. The van der Waals surface area contributed by atoms with E-state index in [1.165, 1.54) is 70.6 Å². The minimum atomic E-state index is -1.54. The van der Waals surface area contributed by atoms with Gasteiger partial charge in [0.05, 0.1) is 0 Å². The predicted molar refractivity (Wildman–Crippen MR) is 137 cm³/mol. The Morgan fingerprint density at radius 2 is 1.35 bits per heavy atom. The second kappa shape index (κ2) is 12.2. The molecule has 2 aliphatic carbocycles. The molecular weight excluding hydrogens is 426 g/mol. The molecule has 1 nitrogen and oxygen atoms in total. The molecule has 1 aromatic rings. The quantitative estimate of drug-likeness (QED) is 0.417. The molecule has 31 heavy (non-hydrogen) atoms. The van der Waals surface area contributed by atoms with Gasteiger partial charge in [0.1, 0.15) is 0 Å². The molecule has 0 heterocycles. The Labute approximate surface area is 200 Å². The molecule has 0 spiro atoms. The van der Waals surface area contributed by atoms with Gasteiger partial charge < -0.3 is 0 Å². The van der Waals surface area contributed by atoms with Crippen molar-refractivity contribution in [3.05, 3.63) is 53.1 Å². The maximum absolute atomic E-state index is 3.04. The molecule has 0 radical (unpaired) electrons. The van der Waals surface area contributed by atoms with Gasteiger partial charge in [-0.3, -0.25) is 0 Å². The first-order chi connectivity index (χ1) is 14.9. The summed E-state index contributed by atoms with van der Waals surface area (Å²) in [6.45, 7) is 9.77. The zero-order valence-corrected chi connectivity index (χ0v) is 23.9. The summed E-state index contributed by atoms with van der Waals surface area (Å²) in [5.41, 5.74) is 4.80. The van der Waals surface area contributed by atoms with Gasteiger partial charge in [0, 0.05) is 0 Å². The summed E-state index contributed by atoms with van der Waals surface area (Å²) in [6, 6.07) is 12.4. The van der Waals surface area contributed by atoms with Crippen molar-refractivity contribution >= 4 is 12.6 Å². The Morgan fingerprint density at radius 1 is 0.839 bits per heavy atom. The summed E-state index contributed by atoms with van der Waals surface area (Å²) in [4.78, 5) is 0. The van der Waals surface area contributed by atoms with Gasteiger partial charge in [-0.15, -0.1) is 0 Å². The third-order valence-corrected chi connectivity index (χ3v) is 22.7. The van der Waals surface area contributed by atoms with Gasteiger partial charge in [0.15, 0.2) is 0 Å². The van der Waals surface area contributed by atoms with Crippen molar-refractivity contribution in [2.24, 2.45) is 0 Å². The van der Waals surface area contributed by atoms with E-state index >= 15 is 0 Å². The zero-order chi connectivity index (χ0) is 22.3. The van der Waals surface area contributed by atoms with Crippen molar-refractivity contribution in [2.75, 3.05) is 7.05 Å². The second-order valence-electron chi connectivity index (χ2n) is 10.4. The van der Waals surface area contributed by atoms with Gasteiger partial charge in [0.2, 0.25) is 0 Å². The van der Waals surface area contributed by atoms with Crippen LogP contribution in [0.3, 0.4) is 0 Å². The van der Waals surface area contributed by atoms with E-state index in [0.29, 0.717) is 3.72 Å². The van der Waals surface area contributed by atoms with Crippen LogP contribution in [0.15, 0.2) is 53.1 Å². The van der Waals surface area contributed by atoms with Crippen LogP contribution in [0.2, 0.25) is 3.72 Å². The topological polar surface area (TPSA) is 3.24 Å². The fourth-order valence-corrected chi connectivity index (χ4v) is 19.5. The van der Waals surface area contributed by atoms with E-state index in [9.17, 15) is 0 Å². The third kappa shape index (κ3) is 6.56. The summed E-state index contributed by atoms with van der Waals surface area (Å²) in [5.74, 6) is 0. The fourth-order valence-electron chi connectivity index (χ4n) is 5.85. The van der Waals surface area contributed by atoms with E-state index in [4.69, 9.17) is 0 Å². The van der Waals surface area contributed by atoms with Gasteiger partial charge in [-0.25, -0.2) is 0 Å². The zero-order valence-electron chi connectivity index (χ0n) is 21.0. The van der Waals surface area contributed by atoms with Crippen molar-refractivity contribution in [1.82, 2.24) is 3.38 Å². The monoisotopic (exact) mass is 472 g/mol. The number of hydrogen-bond donors (Lipinski definition) is 0. The van der Waals surface area contributed by atoms with Crippen molar-refractivity contribution < 1.29 is 17.4 Å². The molecule has 1 unspecified atom stereocenters. The van der Waals surface area contributed by atoms with Crippen LogP contribution in [0.5, 0.6) is 0 Å². The molecule has 1 fully saturated rings. The number of rotatable bonds is 5. The molecule has 0 saturated heterocycles. The van der Waals surface area contributed by atoms with E-state index in [1.807, 2.05) is 0 Å². The van der Waals surface area contributed by atoms with Gasteiger partial charge in [-0.2, -0.15) is 0 Å². The van der Waals surface area contributed by atoms with Crippen LogP contribution in [-0.2, 0) is 17.4 Å². The van der Waals surface area contributed by atoms with Crippen LogP contribution < -0.4 is 5.19 Å². The van der Waals surface area contributed by atoms with Gasteiger partial charge >= 0.3 is 202 Å². The summed E-state index contributed by atoms with van der Waals surface area (Å²) in [7, 11) is 2.27. The average molecular weight is 473 g/mol. The molecule has 3 heteroatoms. The van der Waals surface area contributed by atoms with Crippen LogP contribution in [-0.4, -0.2) is 23.9 Å². The molecule has 3 rings (SSSR count). The van der Waals surface area contributed by atoms with Crippen molar-refractivity contribution in [1.29, 1.82) is 0 Å². The van der Waals surface area contributed by atoms with E-state index in [2.05, 4.69) is 74.5 Å². The predicted octanol–water partition coefficient (Wildman–Crippen LogP) is 7.01. The molecule has 171 valence electrons. The van der Waals surface area contributed by atoms with E-state index in [0.717, 1.165) is 6.04 Å². The number of nitrogens with zero attached hydrogens (tertiary/aromatic N) is 1. The number of allylic oxidation sites excluding steroid dienone is 4. The fraction of sp³-hybridized carbons (Fsp3) is 0.643. The molecule has 0 aromatic heterocycles. The molecule has 0 N–H and O–H groups in total. The Morgan fingerprint density at radius 3 is 1.84 bits per heavy atom. The van der Waals surface area contributed by atoms with Crippen molar-refractivity contribution in [2.45, 2.75) is 108 Å². The summed E-state index contributed by atoms with van der Waals surface area (Å²) in [6.07, 6.45) is 18.6. The summed E-state index contributed by atoms with van der Waals surface area (Å²) in [5, 5.41) is 1.68. The van der Waals surface area contributed by atoms with Gasteiger partial charge in [0.25, 0.3) is 0 Å². The Balaban J connectivity index is 1.86. The van der Waals surface area contributed by atoms with Crippen LogP contribution in [0.4, 0.5) is 0 Å². The summed E-state index contributed by atoms with van der Waals surface area (Å²) >= 11 is -1.54. The minimum absolute atomic E-state index is 0.287. The first kappa shape index (κ1) is 25.2. The van der Waals surface area contributed by atoms with E-state index in [1.54, 1.807) is 21.9 Å². The standard InChI is InChI=1S/C13H26N.C9H13.C6H7Si.Ti/c1-14-13-11-9-7-5-3-2-4-6-8-10-12-13;1-6-5-7(2)9(4)8(6)3;7-6-4-2-1-3-5-6;/h13H,2-12H2,1H3;5H,1-4H3;1-5H,7H2;/q-1;;;+1. The van der Waals surface area contributed by atoms with Crippen molar-refractivity contribution in [3.8, 4) is 0 Å². The normalized spacial score (nSPS) is 25.0. The van der Waals surface area contributed by atoms with Gasteiger partial charge in [-0.05, 0) is 0 Å². The third-order valence-electron chi connectivity index (χ3n) is 8.30. The Bertz CT molecular complexity index is 744. The molecule has 1 atom stereocenters. The Kier molecular flexibility index (Phi) is 9.90. The van der Waals surface area contributed by atoms with Crippen molar-refractivity contribution in [3.63, 3.8) is 0 Å². The first-order valence-corrected chi connectivity index (χ1v) is 19.1. The summed E-state index contributed by atoms with van der Waals surface area (Å²) < 4.78 is 3.38. The Hall–Kier alpha value is -0.409. The molecule has 0 amide bonds. The molecule has 1 aromatic carbocycles. The van der Waals surface area contributed by atoms with E-state index < -0.39 is 17.4 Å². The number of benzene rings is 1. The van der Waals surface area contributed by atoms with Crippen LogP contribution in [0.1, 0.15) is 98.3 Å². The molecular formula is C28H46NSiTi. The average Bonchev–Trinajstić information content (AvgIpc) is 2.96. The van der Waals surface area contributed by atoms with Crippen LogP contribution in [0, 0.1) is 0 Å². The molecule has 1 saturated carbocycles. The van der Waals surface area contributed by atoms with Crippen LogP contribution >= 0.6 is 0 Å². The van der Waals surface area contributed by atoms with Crippen LogP contribution in [0.25, 0.3) is 0 Å². The maximum atomic E-state index is 3.04.